The summed E-state index contributed by atoms with van der Waals surface area (Å²) in [7, 11) is 1.75. The van der Waals surface area contributed by atoms with Crippen LogP contribution in [-0.4, -0.2) is 71.7 Å². The summed E-state index contributed by atoms with van der Waals surface area (Å²) in [5.74, 6) is -0.731. The molecule has 1 atom stereocenters. The minimum Gasteiger partial charge on any atom is -0.480 e. The fourth-order valence-corrected chi connectivity index (χ4v) is 3.09. The molecule has 0 aromatic heterocycles. The molecule has 0 amide bonds. The molecule has 0 radical (unpaired) electrons. The van der Waals surface area contributed by atoms with Crippen LogP contribution in [0.2, 0.25) is 0 Å². The van der Waals surface area contributed by atoms with E-state index in [9.17, 15) is 9.90 Å². The Morgan fingerprint density at radius 3 is 2.14 bits per heavy atom. The number of likely N-dealkylation sites (N-methyl/N-ethyl adjacent to an activating group) is 1. The van der Waals surface area contributed by atoms with Gasteiger partial charge in [-0.3, -0.25) is 9.69 Å². The number of carboxylic acid groups (broad SMARTS) is 1. The predicted octanol–water partition coefficient (Wildman–Crippen LogP) is 1.64. The summed E-state index contributed by atoms with van der Waals surface area (Å²) in [6, 6.07) is 0. The zero-order chi connectivity index (χ0) is 16.1. The highest BCUT2D eigenvalue weighted by Gasteiger charge is 2.34. The Kier molecular flexibility index (Phi) is 6.63. The zero-order valence-electron chi connectivity index (χ0n) is 14.4. The molecule has 5 nitrogen and oxygen atoms in total. The molecule has 1 heterocycles. The first-order chi connectivity index (χ1) is 9.75. The number of hydrogen-bond acceptors (Lipinski definition) is 4. The van der Waals surface area contributed by atoms with Gasteiger partial charge in [-0.25, -0.2) is 0 Å². The van der Waals surface area contributed by atoms with Gasteiger partial charge in [0.2, 0.25) is 0 Å². The Bertz CT molecular complexity index is 327. The molecular weight excluding hydrogens is 266 g/mol. The molecule has 0 aromatic rings. The van der Waals surface area contributed by atoms with Gasteiger partial charge in [-0.05, 0) is 53.6 Å². The SMILES string of the molecule is CCC(CCCN1CCN(C(C)(C)C)CC1)(NC)C(=O)O. The lowest BCUT2D eigenvalue weighted by Crippen LogP contribution is -2.54. The number of nitrogens with zero attached hydrogens (tertiary/aromatic N) is 2. The second-order valence-electron chi connectivity index (χ2n) is 7.09. The van der Waals surface area contributed by atoms with Crippen LogP contribution < -0.4 is 5.32 Å². The van der Waals surface area contributed by atoms with E-state index in [1.807, 2.05) is 6.92 Å². The first-order valence-electron chi connectivity index (χ1n) is 8.15. The van der Waals surface area contributed by atoms with Crippen molar-refractivity contribution in [2.75, 3.05) is 39.8 Å². The highest BCUT2D eigenvalue weighted by atomic mass is 16.4. The molecule has 5 heteroatoms. The Hall–Kier alpha value is -0.650. The minimum atomic E-state index is -0.757. The van der Waals surface area contributed by atoms with E-state index >= 15 is 0 Å². The van der Waals surface area contributed by atoms with E-state index < -0.39 is 11.5 Å². The summed E-state index contributed by atoms with van der Waals surface area (Å²) in [5.41, 5.74) is -0.508. The molecule has 1 saturated heterocycles. The van der Waals surface area contributed by atoms with Crippen LogP contribution in [0, 0.1) is 0 Å². The van der Waals surface area contributed by atoms with E-state index in [0.29, 0.717) is 12.8 Å². The van der Waals surface area contributed by atoms with Crippen LogP contribution in [0.25, 0.3) is 0 Å². The summed E-state index contributed by atoms with van der Waals surface area (Å²) in [4.78, 5) is 16.4. The standard InChI is InChI=1S/C16H33N3O2/c1-6-16(17-5,14(20)21)8-7-9-18-10-12-19(13-11-18)15(2,3)4/h17H,6-13H2,1-5H3,(H,20,21). The number of hydrogen-bond donors (Lipinski definition) is 2. The molecule has 2 N–H and O–H groups in total. The number of carboxylic acids is 1. The van der Waals surface area contributed by atoms with Gasteiger partial charge in [0, 0.05) is 31.7 Å². The third kappa shape index (κ3) is 4.94. The molecule has 0 spiro atoms. The Morgan fingerprint density at radius 2 is 1.76 bits per heavy atom. The van der Waals surface area contributed by atoms with Gasteiger partial charge in [0.25, 0.3) is 0 Å². The van der Waals surface area contributed by atoms with Crippen molar-refractivity contribution in [2.45, 2.75) is 58.0 Å². The number of nitrogens with one attached hydrogen (secondary N) is 1. The monoisotopic (exact) mass is 299 g/mol. The minimum absolute atomic E-state index is 0.249. The number of piperazine rings is 1. The number of rotatable bonds is 7. The van der Waals surface area contributed by atoms with Gasteiger partial charge in [-0.2, -0.15) is 0 Å². The Labute approximate surface area is 129 Å². The molecule has 0 bridgehead atoms. The summed E-state index contributed by atoms with van der Waals surface area (Å²) >= 11 is 0. The molecule has 21 heavy (non-hydrogen) atoms. The van der Waals surface area contributed by atoms with Crippen molar-refractivity contribution >= 4 is 5.97 Å². The maximum Gasteiger partial charge on any atom is 0.323 e. The lowest BCUT2D eigenvalue weighted by atomic mass is 9.90. The van der Waals surface area contributed by atoms with Crippen molar-refractivity contribution < 1.29 is 9.90 Å². The van der Waals surface area contributed by atoms with Crippen LogP contribution in [0.4, 0.5) is 0 Å². The van der Waals surface area contributed by atoms with Crippen molar-refractivity contribution in [1.82, 2.24) is 15.1 Å². The van der Waals surface area contributed by atoms with Crippen molar-refractivity contribution in [3.63, 3.8) is 0 Å². The average molecular weight is 299 g/mol. The van der Waals surface area contributed by atoms with Crippen LogP contribution in [0.5, 0.6) is 0 Å². The van der Waals surface area contributed by atoms with Gasteiger partial charge in [0.15, 0.2) is 0 Å². The lowest BCUT2D eigenvalue weighted by Gasteiger charge is -2.42. The van der Waals surface area contributed by atoms with Crippen molar-refractivity contribution in [3.05, 3.63) is 0 Å². The highest BCUT2D eigenvalue weighted by Crippen LogP contribution is 2.19. The predicted molar refractivity (Wildman–Crippen MR) is 86.7 cm³/mol. The maximum absolute atomic E-state index is 11.4. The quantitative estimate of drug-likeness (QED) is 0.748. The van der Waals surface area contributed by atoms with Crippen LogP contribution in [0.3, 0.4) is 0 Å². The molecule has 1 unspecified atom stereocenters. The van der Waals surface area contributed by atoms with Gasteiger partial charge in [0.1, 0.15) is 5.54 Å². The van der Waals surface area contributed by atoms with Crippen LogP contribution in [0.15, 0.2) is 0 Å². The van der Waals surface area contributed by atoms with Crippen LogP contribution in [0.1, 0.15) is 47.0 Å². The summed E-state index contributed by atoms with van der Waals surface area (Å²) in [6.07, 6.45) is 2.24. The number of carbonyl (C=O) groups is 1. The van der Waals surface area contributed by atoms with Gasteiger partial charge in [-0.15, -0.1) is 0 Å². The Balaban J connectivity index is 2.36. The fourth-order valence-electron chi connectivity index (χ4n) is 3.09. The molecular formula is C16H33N3O2. The fraction of sp³-hybridized carbons (Fsp3) is 0.938. The summed E-state index contributed by atoms with van der Waals surface area (Å²) in [6.45, 7) is 14.1. The summed E-state index contributed by atoms with van der Waals surface area (Å²) < 4.78 is 0. The molecule has 1 aliphatic rings. The topological polar surface area (TPSA) is 55.8 Å². The van der Waals surface area contributed by atoms with Crippen LogP contribution in [-0.2, 0) is 4.79 Å². The van der Waals surface area contributed by atoms with E-state index in [4.69, 9.17) is 0 Å². The van der Waals surface area contributed by atoms with E-state index in [-0.39, 0.29) is 5.54 Å². The summed E-state index contributed by atoms with van der Waals surface area (Å²) in [5, 5.41) is 12.4. The Morgan fingerprint density at radius 1 is 1.19 bits per heavy atom. The molecule has 0 aliphatic carbocycles. The first kappa shape index (κ1) is 18.4. The van der Waals surface area contributed by atoms with Gasteiger partial charge >= 0.3 is 5.97 Å². The smallest absolute Gasteiger partial charge is 0.323 e. The molecule has 1 aliphatic heterocycles. The first-order valence-corrected chi connectivity index (χ1v) is 8.15. The number of aliphatic carboxylic acids is 1. The maximum atomic E-state index is 11.4. The molecule has 1 fully saturated rings. The van der Waals surface area contributed by atoms with E-state index in [0.717, 1.165) is 39.1 Å². The van der Waals surface area contributed by atoms with Gasteiger partial charge in [0.05, 0.1) is 0 Å². The highest BCUT2D eigenvalue weighted by molar-refractivity contribution is 5.78. The van der Waals surface area contributed by atoms with Crippen molar-refractivity contribution in [3.8, 4) is 0 Å². The van der Waals surface area contributed by atoms with Crippen LogP contribution >= 0.6 is 0 Å². The van der Waals surface area contributed by atoms with Gasteiger partial charge < -0.3 is 15.3 Å². The largest absolute Gasteiger partial charge is 0.480 e. The zero-order valence-corrected chi connectivity index (χ0v) is 14.4. The average Bonchev–Trinajstić information content (AvgIpc) is 2.43. The molecule has 0 saturated carbocycles. The van der Waals surface area contributed by atoms with E-state index in [1.165, 1.54) is 0 Å². The molecule has 1 rings (SSSR count). The molecule has 124 valence electrons. The normalized spacial score (nSPS) is 21.2. The van der Waals surface area contributed by atoms with Crippen molar-refractivity contribution in [2.24, 2.45) is 0 Å². The van der Waals surface area contributed by atoms with E-state index in [1.54, 1.807) is 7.05 Å². The second kappa shape index (κ2) is 7.56. The lowest BCUT2D eigenvalue weighted by molar-refractivity contribution is -0.145. The van der Waals surface area contributed by atoms with Gasteiger partial charge in [-0.1, -0.05) is 6.92 Å². The molecule has 0 aromatic carbocycles. The third-order valence-electron chi connectivity index (χ3n) is 4.89. The second-order valence-corrected chi connectivity index (χ2v) is 7.09. The van der Waals surface area contributed by atoms with E-state index in [2.05, 4.69) is 35.9 Å². The van der Waals surface area contributed by atoms with Crippen molar-refractivity contribution in [1.29, 1.82) is 0 Å². The third-order valence-corrected chi connectivity index (χ3v) is 4.89.